The highest BCUT2D eigenvalue weighted by Gasteiger charge is 2.31. The first-order valence-corrected chi connectivity index (χ1v) is 17.4. The number of nitrogens with zero attached hydrogens (tertiary/aromatic N) is 1. The standard InChI is InChI=1S/C37H50N2O4S/c1-23(2)34-18-17-29(44-34)22-33(36(41)42-6)39-35(40)32-20-25-11-14-28(43-27-15-12-26(13-16-27)37(3,4)5)21-30(25)31(38-32)19-24-9-7-8-10-24/h11,14,17-18,20-21,23-24,26-27,33H,7-10,12-13,15-16,19,22H2,1-6H3,(H,39,40). The third-order valence-corrected chi connectivity index (χ3v) is 11.1. The number of methoxy groups -OCH3 is 1. The van der Waals surface area contributed by atoms with Gasteiger partial charge >= 0.3 is 5.97 Å². The zero-order valence-electron chi connectivity index (χ0n) is 27.4. The second-order valence-corrected chi connectivity index (χ2v) is 15.6. The van der Waals surface area contributed by atoms with Crippen molar-refractivity contribution in [1.82, 2.24) is 10.3 Å². The normalized spacial score (nSPS) is 20.2. The first-order chi connectivity index (χ1) is 21.0. The average Bonchev–Trinajstić information content (AvgIpc) is 3.69. The number of amides is 1. The second kappa shape index (κ2) is 14.0. The molecule has 1 atom stereocenters. The van der Waals surface area contributed by atoms with E-state index in [0.717, 1.165) is 52.3 Å². The summed E-state index contributed by atoms with van der Waals surface area (Å²) in [5.41, 5.74) is 1.62. The monoisotopic (exact) mass is 618 g/mol. The van der Waals surface area contributed by atoms with Gasteiger partial charge in [-0.05, 0) is 91.0 Å². The van der Waals surface area contributed by atoms with Crippen molar-refractivity contribution in [2.75, 3.05) is 7.11 Å². The van der Waals surface area contributed by atoms with Gasteiger partial charge < -0.3 is 14.8 Å². The smallest absolute Gasteiger partial charge is 0.328 e. The minimum absolute atomic E-state index is 0.234. The van der Waals surface area contributed by atoms with Gasteiger partial charge in [0.25, 0.3) is 5.91 Å². The lowest BCUT2D eigenvalue weighted by Crippen LogP contribution is -2.43. The van der Waals surface area contributed by atoms with Crippen LogP contribution in [0.5, 0.6) is 5.75 Å². The molecule has 3 aromatic rings. The molecule has 2 aliphatic carbocycles. The van der Waals surface area contributed by atoms with Crippen LogP contribution in [-0.2, 0) is 22.4 Å². The van der Waals surface area contributed by atoms with Gasteiger partial charge in [-0.3, -0.25) is 4.79 Å². The summed E-state index contributed by atoms with van der Waals surface area (Å²) in [5, 5.41) is 4.97. The summed E-state index contributed by atoms with van der Waals surface area (Å²) >= 11 is 1.67. The van der Waals surface area contributed by atoms with Crippen LogP contribution < -0.4 is 10.1 Å². The van der Waals surface area contributed by atoms with Gasteiger partial charge in [0.1, 0.15) is 17.5 Å². The van der Waals surface area contributed by atoms with Crippen LogP contribution in [0.15, 0.2) is 36.4 Å². The fraction of sp³-hybridized carbons (Fsp3) is 0.595. The summed E-state index contributed by atoms with van der Waals surface area (Å²) in [4.78, 5) is 33.6. The Hall–Kier alpha value is -2.93. The predicted octanol–water partition coefficient (Wildman–Crippen LogP) is 8.65. The Morgan fingerprint density at radius 1 is 1.00 bits per heavy atom. The molecule has 7 heteroatoms. The number of carbonyl (C=O) groups excluding carboxylic acids is 2. The number of hydrogen-bond donors (Lipinski definition) is 1. The molecule has 0 bridgehead atoms. The van der Waals surface area contributed by atoms with Crippen LogP contribution in [0, 0.1) is 17.3 Å². The molecule has 2 aromatic heterocycles. The number of fused-ring (bicyclic) bond motifs is 1. The lowest BCUT2D eigenvalue weighted by molar-refractivity contribution is -0.142. The van der Waals surface area contributed by atoms with Crippen LogP contribution in [0.4, 0.5) is 0 Å². The summed E-state index contributed by atoms with van der Waals surface area (Å²) < 4.78 is 11.6. The fourth-order valence-electron chi connectivity index (χ4n) is 6.95. The van der Waals surface area contributed by atoms with Gasteiger partial charge in [0.2, 0.25) is 0 Å². The topological polar surface area (TPSA) is 77.5 Å². The number of ether oxygens (including phenoxy) is 2. The SMILES string of the molecule is COC(=O)C(Cc1ccc(C(C)C)s1)NC(=O)c1cc2ccc(OC3CCC(C(C)(C)C)CC3)cc2c(CC2CCCC2)n1. The summed E-state index contributed by atoms with van der Waals surface area (Å²) in [5.74, 6) is 1.79. The van der Waals surface area contributed by atoms with Crippen LogP contribution in [0.2, 0.25) is 0 Å². The maximum Gasteiger partial charge on any atom is 0.328 e. The lowest BCUT2D eigenvalue weighted by Gasteiger charge is -2.37. The number of rotatable bonds is 10. The van der Waals surface area contributed by atoms with E-state index in [1.54, 1.807) is 11.3 Å². The Balaban J connectivity index is 1.37. The van der Waals surface area contributed by atoms with E-state index < -0.39 is 12.0 Å². The molecular formula is C37H50N2O4S. The highest BCUT2D eigenvalue weighted by Crippen LogP contribution is 2.39. The molecule has 0 aliphatic heterocycles. The first kappa shape index (κ1) is 32.5. The number of pyridine rings is 1. The molecule has 238 valence electrons. The summed E-state index contributed by atoms with van der Waals surface area (Å²) in [7, 11) is 1.36. The number of thiophene rings is 1. The van der Waals surface area contributed by atoms with Crippen molar-refractivity contribution < 1.29 is 19.1 Å². The molecule has 2 fully saturated rings. The van der Waals surface area contributed by atoms with Crippen LogP contribution in [0.25, 0.3) is 10.8 Å². The number of carbonyl (C=O) groups is 2. The molecule has 6 nitrogen and oxygen atoms in total. The number of hydrogen-bond acceptors (Lipinski definition) is 6. The third kappa shape index (κ3) is 8.01. The van der Waals surface area contributed by atoms with E-state index in [9.17, 15) is 9.59 Å². The van der Waals surface area contributed by atoms with Crippen molar-refractivity contribution in [3.63, 3.8) is 0 Å². The van der Waals surface area contributed by atoms with Crippen molar-refractivity contribution in [1.29, 1.82) is 0 Å². The molecule has 0 spiro atoms. The second-order valence-electron chi connectivity index (χ2n) is 14.4. The van der Waals surface area contributed by atoms with Crippen molar-refractivity contribution >= 4 is 34.0 Å². The largest absolute Gasteiger partial charge is 0.490 e. The molecule has 44 heavy (non-hydrogen) atoms. The van der Waals surface area contributed by atoms with Crippen molar-refractivity contribution in [2.24, 2.45) is 17.3 Å². The molecule has 2 heterocycles. The van der Waals surface area contributed by atoms with Gasteiger partial charge in [0, 0.05) is 27.3 Å². The molecular weight excluding hydrogens is 568 g/mol. The Bertz CT molecular complexity index is 1440. The fourth-order valence-corrected chi connectivity index (χ4v) is 8.01. The average molecular weight is 619 g/mol. The van der Waals surface area contributed by atoms with Gasteiger partial charge in [0.05, 0.1) is 13.2 Å². The minimum Gasteiger partial charge on any atom is -0.490 e. The number of esters is 1. The summed E-state index contributed by atoms with van der Waals surface area (Å²) in [6, 6.07) is 11.4. The summed E-state index contributed by atoms with van der Waals surface area (Å²) in [6.45, 7) is 11.3. The zero-order valence-corrected chi connectivity index (χ0v) is 28.2. The quantitative estimate of drug-likeness (QED) is 0.230. The van der Waals surface area contributed by atoms with E-state index in [2.05, 4.69) is 58.1 Å². The van der Waals surface area contributed by atoms with Crippen LogP contribution >= 0.6 is 11.3 Å². The number of benzene rings is 1. The van der Waals surface area contributed by atoms with E-state index in [1.807, 2.05) is 18.2 Å². The maximum absolute atomic E-state index is 13.6. The molecule has 0 radical (unpaired) electrons. The highest BCUT2D eigenvalue weighted by molar-refractivity contribution is 7.12. The first-order valence-electron chi connectivity index (χ1n) is 16.6. The lowest BCUT2D eigenvalue weighted by atomic mass is 9.72. The van der Waals surface area contributed by atoms with E-state index in [4.69, 9.17) is 14.5 Å². The van der Waals surface area contributed by atoms with Gasteiger partial charge in [0.15, 0.2) is 0 Å². The van der Waals surface area contributed by atoms with Crippen LogP contribution in [0.3, 0.4) is 0 Å². The van der Waals surface area contributed by atoms with E-state index in [0.29, 0.717) is 29.4 Å². The van der Waals surface area contributed by atoms with Crippen LogP contribution in [0.1, 0.15) is 118 Å². The van der Waals surface area contributed by atoms with E-state index in [-0.39, 0.29) is 12.0 Å². The van der Waals surface area contributed by atoms with E-state index in [1.165, 1.54) is 50.5 Å². The minimum atomic E-state index is -0.786. The Labute approximate surface area is 267 Å². The third-order valence-electron chi connectivity index (χ3n) is 9.72. The maximum atomic E-state index is 13.6. The number of nitrogens with one attached hydrogen (secondary N) is 1. The molecule has 1 N–H and O–H groups in total. The van der Waals surface area contributed by atoms with Gasteiger partial charge in [-0.15, -0.1) is 11.3 Å². The molecule has 2 saturated carbocycles. The molecule has 0 saturated heterocycles. The van der Waals surface area contributed by atoms with Gasteiger partial charge in [-0.25, -0.2) is 9.78 Å². The predicted molar refractivity (Wildman–Crippen MR) is 179 cm³/mol. The van der Waals surface area contributed by atoms with Crippen molar-refractivity contribution in [2.45, 2.75) is 117 Å². The zero-order chi connectivity index (χ0) is 31.4. The Kier molecular flexibility index (Phi) is 10.3. The Morgan fingerprint density at radius 2 is 1.73 bits per heavy atom. The molecule has 2 aliphatic rings. The van der Waals surface area contributed by atoms with E-state index >= 15 is 0 Å². The number of aromatic nitrogens is 1. The van der Waals surface area contributed by atoms with Gasteiger partial charge in [-0.1, -0.05) is 66.4 Å². The van der Waals surface area contributed by atoms with Gasteiger partial charge in [-0.2, -0.15) is 0 Å². The molecule has 1 amide bonds. The van der Waals surface area contributed by atoms with Crippen molar-refractivity contribution in [3.05, 3.63) is 57.5 Å². The highest BCUT2D eigenvalue weighted by atomic mass is 32.1. The van der Waals surface area contributed by atoms with Crippen LogP contribution in [-0.4, -0.2) is 36.1 Å². The molecule has 5 rings (SSSR count). The summed E-state index contributed by atoms with van der Waals surface area (Å²) in [6.07, 6.45) is 10.9. The van der Waals surface area contributed by atoms with Crippen molar-refractivity contribution in [3.8, 4) is 5.75 Å². The molecule has 1 unspecified atom stereocenters. The molecule has 1 aromatic carbocycles. The Morgan fingerprint density at radius 3 is 2.36 bits per heavy atom.